The Morgan fingerprint density at radius 3 is 2.33 bits per heavy atom. The minimum atomic E-state index is 0.282. The SMILES string of the molecule is CC1=CC(N(c2cccc(C)c2)c2cccc(-n3c4c(c5ccc(C)cc53)C(C)CC=C4)c2)CC=C1. The summed E-state index contributed by atoms with van der Waals surface area (Å²) in [5.74, 6) is 0.519. The molecular formula is C34H34N2. The second kappa shape index (κ2) is 9.02. The third-order valence-corrected chi connectivity index (χ3v) is 7.65. The maximum atomic E-state index is 2.51. The summed E-state index contributed by atoms with van der Waals surface area (Å²) >= 11 is 0. The van der Waals surface area contributed by atoms with Crippen LogP contribution in [0.1, 0.15) is 55.0 Å². The molecule has 0 N–H and O–H groups in total. The van der Waals surface area contributed by atoms with Crippen LogP contribution >= 0.6 is 0 Å². The first kappa shape index (κ1) is 22.7. The van der Waals surface area contributed by atoms with Crippen LogP contribution in [0.15, 0.2) is 96.6 Å². The second-order valence-electron chi connectivity index (χ2n) is 10.5. The van der Waals surface area contributed by atoms with E-state index in [1.165, 1.54) is 55.9 Å². The molecule has 0 radical (unpaired) electrons. The lowest BCUT2D eigenvalue weighted by atomic mass is 9.90. The summed E-state index contributed by atoms with van der Waals surface area (Å²) in [6.07, 6.45) is 13.7. The number of benzene rings is 3. The van der Waals surface area contributed by atoms with Crippen molar-refractivity contribution in [3.63, 3.8) is 0 Å². The van der Waals surface area contributed by atoms with Crippen molar-refractivity contribution in [3.05, 3.63) is 119 Å². The van der Waals surface area contributed by atoms with Gasteiger partial charge in [-0.05, 0) is 98.7 Å². The van der Waals surface area contributed by atoms with Gasteiger partial charge >= 0.3 is 0 Å². The van der Waals surface area contributed by atoms with E-state index in [2.05, 4.69) is 134 Å². The van der Waals surface area contributed by atoms with Gasteiger partial charge in [0.05, 0.1) is 11.6 Å². The van der Waals surface area contributed by atoms with Gasteiger partial charge in [0.2, 0.25) is 0 Å². The first-order chi connectivity index (χ1) is 17.5. The Hall–Kier alpha value is -3.78. The molecule has 2 aliphatic carbocycles. The molecule has 1 heterocycles. The molecule has 2 aliphatic rings. The van der Waals surface area contributed by atoms with E-state index in [0.717, 1.165) is 12.8 Å². The lowest BCUT2D eigenvalue weighted by molar-refractivity contribution is 0.771. The van der Waals surface area contributed by atoms with E-state index >= 15 is 0 Å². The molecule has 36 heavy (non-hydrogen) atoms. The van der Waals surface area contributed by atoms with Crippen LogP contribution in [0.2, 0.25) is 0 Å². The Morgan fingerprint density at radius 1 is 0.778 bits per heavy atom. The highest BCUT2D eigenvalue weighted by atomic mass is 15.2. The fourth-order valence-corrected chi connectivity index (χ4v) is 6.00. The lowest BCUT2D eigenvalue weighted by Gasteiger charge is -2.34. The van der Waals surface area contributed by atoms with Crippen molar-refractivity contribution in [3.8, 4) is 5.69 Å². The Balaban J connectivity index is 1.55. The van der Waals surface area contributed by atoms with Crippen molar-refractivity contribution in [2.24, 2.45) is 0 Å². The van der Waals surface area contributed by atoms with Crippen molar-refractivity contribution >= 4 is 28.4 Å². The van der Waals surface area contributed by atoms with E-state index < -0.39 is 0 Å². The maximum Gasteiger partial charge on any atom is 0.0562 e. The summed E-state index contributed by atoms with van der Waals surface area (Å²) in [7, 11) is 0. The summed E-state index contributed by atoms with van der Waals surface area (Å²) < 4.78 is 2.48. The third-order valence-electron chi connectivity index (χ3n) is 7.65. The monoisotopic (exact) mass is 470 g/mol. The fraction of sp³-hybridized carbons (Fsp3) is 0.235. The molecule has 3 aromatic carbocycles. The van der Waals surface area contributed by atoms with E-state index in [1.54, 1.807) is 0 Å². The Labute approximate surface area is 214 Å². The number of hydrogen-bond acceptors (Lipinski definition) is 1. The normalized spacial score (nSPS) is 18.8. The van der Waals surface area contributed by atoms with Crippen molar-refractivity contribution in [1.29, 1.82) is 0 Å². The van der Waals surface area contributed by atoms with Gasteiger partial charge in [0.15, 0.2) is 0 Å². The number of anilines is 2. The van der Waals surface area contributed by atoms with Gasteiger partial charge in [-0.25, -0.2) is 0 Å². The minimum absolute atomic E-state index is 0.282. The van der Waals surface area contributed by atoms with Crippen LogP contribution in [0.25, 0.3) is 22.7 Å². The summed E-state index contributed by atoms with van der Waals surface area (Å²) in [5, 5.41) is 1.38. The molecule has 2 nitrogen and oxygen atoms in total. The average molecular weight is 471 g/mol. The smallest absolute Gasteiger partial charge is 0.0562 e. The molecular weight excluding hydrogens is 436 g/mol. The van der Waals surface area contributed by atoms with Crippen LogP contribution in [0.3, 0.4) is 0 Å². The topological polar surface area (TPSA) is 8.17 Å². The van der Waals surface area contributed by atoms with E-state index in [4.69, 9.17) is 0 Å². The zero-order chi connectivity index (χ0) is 24.8. The first-order valence-electron chi connectivity index (χ1n) is 13.1. The molecule has 0 fully saturated rings. The third kappa shape index (κ3) is 3.91. The Kier molecular flexibility index (Phi) is 5.68. The van der Waals surface area contributed by atoms with Gasteiger partial charge in [-0.15, -0.1) is 0 Å². The lowest BCUT2D eigenvalue weighted by Crippen LogP contribution is -2.30. The summed E-state index contributed by atoms with van der Waals surface area (Å²) in [5.41, 5.74) is 11.7. The standard InChI is InChI=1S/C34H34N2/c1-23-9-5-12-27(19-23)35(28-13-6-10-24(2)20-28)29-14-8-15-30(22-29)36-32-16-7-11-26(4)34(32)31-18-17-25(3)21-33(31)36/h5-10,12,14-22,26,28H,11,13H2,1-4H3. The molecule has 0 amide bonds. The van der Waals surface area contributed by atoms with Gasteiger partial charge in [-0.3, -0.25) is 0 Å². The average Bonchev–Trinajstić information content (AvgIpc) is 3.19. The molecule has 2 atom stereocenters. The number of nitrogens with zero attached hydrogens (tertiary/aromatic N) is 2. The van der Waals surface area contributed by atoms with Crippen LogP contribution in [0.4, 0.5) is 11.4 Å². The molecule has 6 rings (SSSR count). The van der Waals surface area contributed by atoms with Gasteiger partial charge in [0.25, 0.3) is 0 Å². The van der Waals surface area contributed by atoms with E-state index in [9.17, 15) is 0 Å². The maximum absolute atomic E-state index is 2.51. The molecule has 0 bridgehead atoms. The number of aromatic nitrogens is 1. The summed E-state index contributed by atoms with van der Waals surface area (Å²) in [6, 6.07) is 25.2. The van der Waals surface area contributed by atoms with Gasteiger partial charge in [0, 0.05) is 28.1 Å². The molecule has 1 aromatic heterocycles. The molecule has 2 unspecified atom stereocenters. The van der Waals surface area contributed by atoms with Crippen molar-refractivity contribution in [1.82, 2.24) is 4.57 Å². The van der Waals surface area contributed by atoms with Crippen molar-refractivity contribution < 1.29 is 0 Å². The Morgan fingerprint density at radius 2 is 1.53 bits per heavy atom. The van der Waals surface area contributed by atoms with Gasteiger partial charge in [0.1, 0.15) is 0 Å². The number of fused-ring (bicyclic) bond motifs is 3. The largest absolute Gasteiger partial charge is 0.334 e. The first-order valence-corrected chi connectivity index (χ1v) is 13.1. The molecule has 4 aromatic rings. The highest BCUT2D eigenvalue weighted by Gasteiger charge is 2.25. The number of allylic oxidation sites excluding steroid dienone is 3. The second-order valence-corrected chi connectivity index (χ2v) is 10.5. The molecule has 0 aliphatic heterocycles. The highest BCUT2D eigenvalue weighted by Crippen LogP contribution is 2.41. The predicted octanol–water partition coefficient (Wildman–Crippen LogP) is 9.18. The minimum Gasteiger partial charge on any atom is -0.334 e. The number of hydrogen-bond donors (Lipinski definition) is 0. The quantitative estimate of drug-likeness (QED) is 0.289. The molecule has 0 spiro atoms. The predicted molar refractivity (Wildman–Crippen MR) is 155 cm³/mol. The van der Waals surface area contributed by atoms with E-state index in [0.29, 0.717) is 5.92 Å². The van der Waals surface area contributed by atoms with E-state index in [-0.39, 0.29) is 6.04 Å². The van der Waals surface area contributed by atoms with Gasteiger partial charge < -0.3 is 9.47 Å². The number of rotatable bonds is 4. The summed E-state index contributed by atoms with van der Waals surface area (Å²) in [4.78, 5) is 2.51. The van der Waals surface area contributed by atoms with E-state index in [1.807, 2.05) is 0 Å². The zero-order valence-corrected chi connectivity index (χ0v) is 21.7. The Bertz CT molecular complexity index is 1540. The zero-order valence-electron chi connectivity index (χ0n) is 21.7. The van der Waals surface area contributed by atoms with Gasteiger partial charge in [-0.2, -0.15) is 0 Å². The molecule has 2 heteroatoms. The fourth-order valence-electron chi connectivity index (χ4n) is 6.00. The highest BCUT2D eigenvalue weighted by molar-refractivity contribution is 5.92. The van der Waals surface area contributed by atoms with Crippen molar-refractivity contribution in [2.45, 2.75) is 52.5 Å². The molecule has 0 saturated carbocycles. The number of aryl methyl sites for hydroxylation is 2. The van der Waals surface area contributed by atoms with Crippen LogP contribution in [0.5, 0.6) is 0 Å². The molecule has 180 valence electrons. The molecule has 0 saturated heterocycles. The van der Waals surface area contributed by atoms with Crippen LogP contribution in [0, 0.1) is 13.8 Å². The van der Waals surface area contributed by atoms with Gasteiger partial charge in [-0.1, -0.05) is 67.1 Å². The van der Waals surface area contributed by atoms with Crippen molar-refractivity contribution in [2.75, 3.05) is 4.90 Å². The van der Waals surface area contributed by atoms with Crippen LogP contribution < -0.4 is 4.90 Å². The van der Waals surface area contributed by atoms with Crippen LogP contribution in [-0.2, 0) is 0 Å². The summed E-state index contributed by atoms with van der Waals surface area (Å²) in [6.45, 7) is 8.92. The van der Waals surface area contributed by atoms with Crippen LogP contribution in [-0.4, -0.2) is 10.6 Å².